The van der Waals surface area contributed by atoms with Crippen molar-refractivity contribution < 1.29 is 0 Å². The number of benzene rings is 1. The molecule has 1 atom stereocenters. The van der Waals surface area contributed by atoms with E-state index in [1.54, 1.807) is 6.20 Å². The number of nitrogen functional groups attached to an aromatic ring is 1. The summed E-state index contributed by atoms with van der Waals surface area (Å²) in [6, 6.07) is 10.6. The minimum absolute atomic E-state index is 0.261. The summed E-state index contributed by atoms with van der Waals surface area (Å²) in [5.74, 6) is 2.73. The number of nitrogens with two attached hydrogens (primary N) is 1. The van der Waals surface area contributed by atoms with Crippen molar-refractivity contribution in [1.82, 2.24) is 14.9 Å². The maximum absolute atomic E-state index is 5.81. The molecule has 4 heteroatoms. The Bertz CT molecular complexity index is 555. The highest BCUT2D eigenvalue weighted by atomic mass is 15.1. The van der Waals surface area contributed by atoms with Crippen LogP contribution in [0.25, 0.3) is 0 Å². The zero-order valence-electron chi connectivity index (χ0n) is 12.6. The van der Waals surface area contributed by atoms with Gasteiger partial charge in [0, 0.05) is 6.54 Å². The van der Waals surface area contributed by atoms with Crippen LogP contribution in [0.15, 0.2) is 36.5 Å². The molecule has 0 aliphatic carbocycles. The predicted molar refractivity (Wildman–Crippen MR) is 86.1 cm³/mol. The molecule has 0 amide bonds. The van der Waals surface area contributed by atoms with E-state index in [2.05, 4.69) is 52.1 Å². The Hall–Kier alpha value is -1.81. The van der Waals surface area contributed by atoms with Crippen LogP contribution < -0.4 is 5.73 Å². The Morgan fingerprint density at radius 1 is 1.29 bits per heavy atom. The summed E-state index contributed by atoms with van der Waals surface area (Å²) in [6.07, 6.45) is 4.30. The summed E-state index contributed by atoms with van der Waals surface area (Å²) >= 11 is 0. The van der Waals surface area contributed by atoms with Crippen LogP contribution in [0.4, 0.5) is 5.82 Å². The van der Waals surface area contributed by atoms with Gasteiger partial charge < -0.3 is 15.6 Å². The van der Waals surface area contributed by atoms with Crippen molar-refractivity contribution in [3.63, 3.8) is 0 Å². The number of aromatic nitrogens is 2. The average molecular weight is 284 g/mol. The molecule has 1 saturated heterocycles. The minimum Gasteiger partial charge on any atom is -0.384 e. The molecule has 3 N–H and O–H groups in total. The monoisotopic (exact) mass is 284 g/mol. The van der Waals surface area contributed by atoms with Gasteiger partial charge in [-0.05, 0) is 37.4 Å². The third-order valence-electron chi connectivity index (χ3n) is 4.46. The first kappa shape index (κ1) is 14.1. The van der Waals surface area contributed by atoms with E-state index in [1.807, 2.05) is 0 Å². The van der Waals surface area contributed by atoms with E-state index in [0.717, 1.165) is 18.3 Å². The van der Waals surface area contributed by atoms with Crippen LogP contribution in [0.2, 0.25) is 0 Å². The lowest BCUT2D eigenvalue weighted by Crippen LogP contribution is -2.36. The van der Waals surface area contributed by atoms with E-state index in [4.69, 9.17) is 5.73 Å². The zero-order valence-corrected chi connectivity index (χ0v) is 12.6. The van der Waals surface area contributed by atoms with Gasteiger partial charge in [-0.15, -0.1) is 0 Å². The molecule has 2 heterocycles. The smallest absolute Gasteiger partial charge is 0.120 e. The lowest BCUT2D eigenvalue weighted by Gasteiger charge is -2.32. The molecule has 2 aromatic rings. The van der Waals surface area contributed by atoms with E-state index < -0.39 is 0 Å². The van der Waals surface area contributed by atoms with E-state index in [1.165, 1.54) is 31.5 Å². The number of H-pyrrole nitrogens is 1. The van der Waals surface area contributed by atoms with Crippen molar-refractivity contribution in [1.29, 1.82) is 0 Å². The molecule has 1 aliphatic heterocycles. The highest BCUT2D eigenvalue weighted by molar-refractivity contribution is 5.31. The SMILES string of the molecule is CC1CCN(CC(c2ccccc2)c2ncc(N)[nH]2)CC1. The number of rotatable bonds is 4. The van der Waals surface area contributed by atoms with Crippen molar-refractivity contribution in [2.24, 2.45) is 5.92 Å². The van der Waals surface area contributed by atoms with E-state index >= 15 is 0 Å². The summed E-state index contributed by atoms with van der Waals surface area (Å²) in [4.78, 5) is 10.2. The second kappa shape index (κ2) is 6.31. The molecule has 1 aromatic heterocycles. The first-order chi connectivity index (χ1) is 10.2. The number of likely N-dealkylation sites (tertiary alicyclic amines) is 1. The molecular formula is C17H24N4. The number of hydrogen-bond acceptors (Lipinski definition) is 3. The van der Waals surface area contributed by atoms with E-state index in [9.17, 15) is 0 Å². The second-order valence-corrected chi connectivity index (χ2v) is 6.17. The topological polar surface area (TPSA) is 57.9 Å². The first-order valence-electron chi connectivity index (χ1n) is 7.80. The van der Waals surface area contributed by atoms with Gasteiger partial charge >= 0.3 is 0 Å². The number of nitrogens with zero attached hydrogens (tertiary/aromatic N) is 2. The van der Waals surface area contributed by atoms with E-state index in [-0.39, 0.29) is 5.92 Å². The lowest BCUT2D eigenvalue weighted by molar-refractivity contribution is 0.186. The molecule has 0 radical (unpaired) electrons. The van der Waals surface area contributed by atoms with Gasteiger partial charge in [-0.3, -0.25) is 0 Å². The zero-order chi connectivity index (χ0) is 14.7. The molecule has 1 unspecified atom stereocenters. The summed E-state index contributed by atoms with van der Waals surface area (Å²) in [7, 11) is 0. The molecule has 3 rings (SSSR count). The molecule has 1 fully saturated rings. The van der Waals surface area contributed by atoms with Gasteiger partial charge in [0.05, 0.1) is 12.1 Å². The fourth-order valence-electron chi connectivity index (χ4n) is 3.07. The van der Waals surface area contributed by atoms with Crippen LogP contribution in [-0.4, -0.2) is 34.5 Å². The van der Waals surface area contributed by atoms with Gasteiger partial charge in [0.2, 0.25) is 0 Å². The maximum Gasteiger partial charge on any atom is 0.120 e. The summed E-state index contributed by atoms with van der Waals surface area (Å²) in [6.45, 7) is 5.71. The minimum atomic E-state index is 0.261. The molecule has 0 saturated carbocycles. The number of hydrogen-bond donors (Lipinski definition) is 2. The molecule has 4 nitrogen and oxygen atoms in total. The molecule has 0 spiro atoms. The summed E-state index contributed by atoms with van der Waals surface area (Å²) in [5, 5.41) is 0. The highest BCUT2D eigenvalue weighted by Gasteiger charge is 2.23. The van der Waals surface area contributed by atoms with Crippen molar-refractivity contribution >= 4 is 5.82 Å². The molecule has 1 aromatic carbocycles. The predicted octanol–water partition coefficient (Wildman–Crippen LogP) is 2.86. The van der Waals surface area contributed by atoms with Crippen LogP contribution in [0.3, 0.4) is 0 Å². The summed E-state index contributed by atoms with van der Waals surface area (Å²) in [5.41, 5.74) is 7.11. The number of piperidine rings is 1. The molecule has 112 valence electrons. The fourth-order valence-corrected chi connectivity index (χ4v) is 3.07. The third-order valence-corrected chi connectivity index (χ3v) is 4.46. The number of imidazole rings is 1. The Balaban J connectivity index is 1.79. The van der Waals surface area contributed by atoms with Crippen molar-refractivity contribution in [3.8, 4) is 0 Å². The fraction of sp³-hybridized carbons (Fsp3) is 0.471. The third kappa shape index (κ3) is 3.45. The van der Waals surface area contributed by atoms with Gasteiger partial charge in [0.25, 0.3) is 0 Å². The van der Waals surface area contributed by atoms with Crippen LogP contribution in [0, 0.1) is 5.92 Å². The number of nitrogens with one attached hydrogen (secondary N) is 1. The second-order valence-electron chi connectivity index (χ2n) is 6.17. The first-order valence-corrected chi connectivity index (χ1v) is 7.80. The standard InChI is InChI=1S/C17H24N4/c1-13-7-9-21(10-8-13)12-15(14-5-3-2-4-6-14)17-19-11-16(18)20-17/h2-6,11,13,15H,7-10,12,18H2,1H3,(H,19,20). The quantitative estimate of drug-likeness (QED) is 0.907. The van der Waals surface area contributed by atoms with Crippen molar-refractivity contribution in [3.05, 3.63) is 47.9 Å². The van der Waals surface area contributed by atoms with Crippen LogP contribution >= 0.6 is 0 Å². The Kier molecular flexibility index (Phi) is 4.25. The number of aromatic amines is 1. The van der Waals surface area contributed by atoms with Gasteiger partial charge in [0.1, 0.15) is 11.6 Å². The van der Waals surface area contributed by atoms with Gasteiger partial charge in [-0.1, -0.05) is 37.3 Å². The highest BCUT2D eigenvalue weighted by Crippen LogP contribution is 2.26. The molecule has 0 bridgehead atoms. The van der Waals surface area contributed by atoms with Gasteiger partial charge in [0.15, 0.2) is 0 Å². The Labute approximate surface area is 126 Å². The van der Waals surface area contributed by atoms with E-state index in [0.29, 0.717) is 5.82 Å². The number of anilines is 1. The van der Waals surface area contributed by atoms with Crippen LogP contribution in [-0.2, 0) is 0 Å². The van der Waals surface area contributed by atoms with Crippen molar-refractivity contribution in [2.45, 2.75) is 25.7 Å². The van der Waals surface area contributed by atoms with Crippen LogP contribution in [0.5, 0.6) is 0 Å². The largest absolute Gasteiger partial charge is 0.384 e. The van der Waals surface area contributed by atoms with Gasteiger partial charge in [-0.2, -0.15) is 0 Å². The van der Waals surface area contributed by atoms with Crippen LogP contribution in [0.1, 0.15) is 37.1 Å². The molecule has 1 aliphatic rings. The average Bonchev–Trinajstić information content (AvgIpc) is 2.94. The molecule has 21 heavy (non-hydrogen) atoms. The van der Waals surface area contributed by atoms with Gasteiger partial charge in [-0.25, -0.2) is 4.98 Å². The van der Waals surface area contributed by atoms with Crippen molar-refractivity contribution in [2.75, 3.05) is 25.4 Å². The Morgan fingerprint density at radius 3 is 2.62 bits per heavy atom. The Morgan fingerprint density at radius 2 is 2.00 bits per heavy atom. The normalized spacial score (nSPS) is 18.7. The maximum atomic E-state index is 5.81. The lowest BCUT2D eigenvalue weighted by atomic mass is 9.94. The summed E-state index contributed by atoms with van der Waals surface area (Å²) < 4.78 is 0. The molecular weight excluding hydrogens is 260 g/mol.